The summed E-state index contributed by atoms with van der Waals surface area (Å²) in [5.41, 5.74) is 0.126. The summed E-state index contributed by atoms with van der Waals surface area (Å²) in [6.07, 6.45) is 1.77. The van der Waals surface area contributed by atoms with Gasteiger partial charge in [0.25, 0.3) is 5.56 Å². The highest BCUT2D eigenvalue weighted by molar-refractivity contribution is 7.98. The molecule has 0 bridgehead atoms. The first-order valence-corrected chi connectivity index (χ1v) is 9.27. The lowest BCUT2D eigenvalue weighted by atomic mass is 10.1. The molecule has 0 spiro atoms. The summed E-state index contributed by atoms with van der Waals surface area (Å²) in [6.45, 7) is 0.0362. The molecule has 0 fully saturated rings. The Kier molecular flexibility index (Phi) is 5.81. The third-order valence-corrected chi connectivity index (χ3v) is 4.34. The maximum Gasteiger partial charge on any atom is 0.373 e. The fourth-order valence-electron chi connectivity index (χ4n) is 2.45. The standard InChI is InChI=1S/C19H15N3O5S/c1-25-18(24)15-8-7-11(27-15)10-26-14-6-4-3-5-12(14)16-13(9-20)17(23)22-19(21-16)28-2/h3-8H,10H2,1-2H3,(H,21,22,23). The first-order chi connectivity index (χ1) is 13.6. The number of nitriles is 1. The second-order valence-corrected chi connectivity index (χ2v) is 6.25. The van der Waals surface area contributed by atoms with Gasteiger partial charge in [-0.1, -0.05) is 23.9 Å². The van der Waals surface area contributed by atoms with Crippen molar-refractivity contribution in [3.05, 3.63) is 63.8 Å². The predicted molar refractivity (Wildman–Crippen MR) is 101 cm³/mol. The van der Waals surface area contributed by atoms with Crippen molar-refractivity contribution in [2.24, 2.45) is 0 Å². The van der Waals surface area contributed by atoms with Crippen LogP contribution in [0.4, 0.5) is 0 Å². The minimum absolute atomic E-state index is 0.0362. The van der Waals surface area contributed by atoms with Gasteiger partial charge in [0, 0.05) is 5.56 Å². The first kappa shape index (κ1) is 19.3. The lowest BCUT2D eigenvalue weighted by Gasteiger charge is -2.11. The normalized spacial score (nSPS) is 10.3. The molecule has 0 saturated heterocycles. The molecular formula is C19H15N3O5S. The fourth-order valence-corrected chi connectivity index (χ4v) is 2.83. The van der Waals surface area contributed by atoms with Gasteiger partial charge in [0.05, 0.1) is 7.11 Å². The minimum atomic E-state index is -0.581. The average molecular weight is 397 g/mol. The highest BCUT2D eigenvalue weighted by Crippen LogP contribution is 2.31. The van der Waals surface area contributed by atoms with Crippen LogP contribution < -0.4 is 10.3 Å². The van der Waals surface area contributed by atoms with Crippen LogP contribution in [0.1, 0.15) is 21.9 Å². The number of ether oxygens (including phenoxy) is 2. The van der Waals surface area contributed by atoms with Crippen LogP contribution in [0.5, 0.6) is 5.75 Å². The Morgan fingerprint density at radius 1 is 1.32 bits per heavy atom. The van der Waals surface area contributed by atoms with Gasteiger partial charge in [-0.2, -0.15) is 5.26 Å². The van der Waals surface area contributed by atoms with Gasteiger partial charge in [0.1, 0.15) is 35.4 Å². The third-order valence-electron chi connectivity index (χ3n) is 3.76. The van der Waals surface area contributed by atoms with Crippen LogP contribution in [0.25, 0.3) is 11.3 Å². The van der Waals surface area contributed by atoms with Crippen LogP contribution in [0, 0.1) is 11.3 Å². The largest absolute Gasteiger partial charge is 0.485 e. The van der Waals surface area contributed by atoms with E-state index in [1.165, 1.54) is 24.9 Å². The monoisotopic (exact) mass is 397 g/mol. The van der Waals surface area contributed by atoms with Crippen molar-refractivity contribution >= 4 is 17.7 Å². The summed E-state index contributed by atoms with van der Waals surface area (Å²) in [5, 5.41) is 9.78. The Morgan fingerprint density at radius 3 is 2.82 bits per heavy atom. The van der Waals surface area contributed by atoms with Gasteiger partial charge in [-0.3, -0.25) is 4.79 Å². The van der Waals surface area contributed by atoms with Crippen molar-refractivity contribution in [3.8, 4) is 23.1 Å². The van der Waals surface area contributed by atoms with E-state index < -0.39 is 11.5 Å². The van der Waals surface area contributed by atoms with Crippen LogP contribution in [0.15, 0.2) is 50.8 Å². The molecule has 1 aromatic carbocycles. The Bertz CT molecular complexity index is 1110. The van der Waals surface area contributed by atoms with Crippen LogP contribution in [-0.4, -0.2) is 29.3 Å². The number of rotatable bonds is 6. The van der Waals surface area contributed by atoms with Crippen molar-refractivity contribution in [3.63, 3.8) is 0 Å². The Hall–Kier alpha value is -3.51. The van der Waals surface area contributed by atoms with Crippen molar-refractivity contribution in [2.75, 3.05) is 13.4 Å². The number of nitrogens with zero attached hydrogens (tertiary/aromatic N) is 2. The maximum absolute atomic E-state index is 12.2. The molecule has 3 aromatic rings. The molecule has 142 valence electrons. The Labute approximate surface area is 164 Å². The molecule has 0 amide bonds. The zero-order chi connectivity index (χ0) is 20.1. The van der Waals surface area contributed by atoms with Gasteiger partial charge >= 0.3 is 5.97 Å². The van der Waals surface area contributed by atoms with Crippen molar-refractivity contribution in [1.82, 2.24) is 9.97 Å². The van der Waals surface area contributed by atoms with E-state index in [0.29, 0.717) is 22.2 Å². The van der Waals surface area contributed by atoms with E-state index in [0.717, 1.165) is 0 Å². The van der Waals surface area contributed by atoms with E-state index in [2.05, 4.69) is 14.7 Å². The van der Waals surface area contributed by atoms with Gasteiger partial charge in [-0.15, -0.1) is 0 Å². The summed E-state index contributed by atoms with van der Waals surface area (Å²) in [6, 6.07) is 11.9. The number of hydrogen-bond acceptors (Lipinski definition) is 8. The molecule has 0 aliphatic rings. The molecular weight excluding hydrogens is 382 g/mol. The summed E-state index contributed by atoms with van der Waals surface area (Å²) >= 11 is 1.26. The topological polar surface area (TPSA) is 118 Å². The number of esters is 1. The number of hydrogen-bond donors (Lipinski definition) is 1. The molecule has 2 heterocycles. The fraction of sp³-hybridized carbons (Fsp3) is 0.158. The smallest absolute Gasteiger partial charge is 0.373 e. The van der Waals surface area contributed by atoms with Gasteiger partial charge < -0.3 is 18.9 Å². The average Bonchev–Trinajstić information content (AvgIpc) is 3.20. The van der Waals surface area contributed by atoms with Crippen LogP contribution in [0.3, 0.4) is 0 Å². The Morgan fingerprint density at radius 2 is 2.11 bits per heavy atom. The van der Waals surface area contributed by atoms with Gasteiger partial charge in [0.2, 0.25) is 5.76 Å². The maximum atomic E-state index is 12.2. The number of furan rings is 1. The molecule has 0 unspecified atom stereocenters. The number of nitrogens with one attached hydrogen (secondary N) is 1. The van der Waals surface area contributed by atoms with E-state index in [1.54, 1.807) is 36.6 Å². The summed E-state index contributed by atoms with van der Waals surface area (Å²) in [7, 11) is 1.27. The van der Waals surface area contributed by atoms with E-state index >= 15 is 0 Å². The number of carbonyl (C=O) groups excluding carboxylic acids is 1. The Balaban J connectivity index is 1.94. The van der Waals surface area contributed by atoms with Gasteiger partial charge in [-0.05, 0) is 30.5 Å². The number of aromatic amines is 1. The zero-order valence-corrected chi connectivity index (χ0v) is 15.8. The number of carbonyl (C=O) groups is 1. The molecule has 9 heteroatoms. The summed E-state index contributed by atoms with van der Waals surface area (Å²) < 4.78 is 15.8. The predicted octanol–water partition coefficient (Wildman–Crippen LogP) is 2.99. The van der Waals surface area contributed by atoms with Crippen molar-refractivity contribution in [1.29, 1.82) is 5.26 Å². The molecule has 0 atom stereocenters. The number of aromatic nitrogens is 2. The van der Waals surface area contributed by atoms with Crippen LogP contribution >= 0.6 is 11.8 Å². The number of H-pyrrole nitrogens is 1. The lowest BCUT2D eigenvalue weighted by Crippen LogP contribution is -2.15. The molecule has 0 aliphatic carbocycles. The van der Waals surface area contributed by atoms with E-state index in [9.17, 15) is 14.9 Å². The molecule has 0 radical (unpaired) electrons. The van der Waals surface area contributed by atoms with Gasteiger partial charge in [0.15, 0.2) is 5.16 Å². The molecule has 1 N–H and O–H groups in total. The number of thioether (sulfide) groups is 1. The third kappa shape index (κ3) is 3.92. The van der Waals surface area contributed by atoms with Gasteiger partial charge in [-0.25, -0.2) is 9.78 Å². The quantitative estimate of drug-likeness (QED) is 0.383. The highest BCUT2D eigenvalue weighted by Gasteiger charge is 2.17. The molecule has 0 aliphatic heterocycles. The van der Waals surface area contributed by atoms with Crippen LogP contribution in [0.2, 0.25) is 0 Å². The molecule has 0 saturated carbocycles. The van der Waals surface area contributed by atoms with E-state index in [4.69, 9.17) is 9.15 Å². The number of methoxy groups -OCH3 is 1. The summed E-state index contributed by atoms with van der Waals surface area (Å²) in [5.74, 6) is 0.323. The first-order valence-electron chi connectivity index (χ1n) is 8.05. The van der Waals surface area contributed by atoms with E-state index in [1.807, 2.05) is 6.07 Å². The molecule has 28 heavy (non-hydrogen) atoms. The zero-order valence-electron chi connectivity index (χ0n) is 15.0. The van der Waals surface area contributed by atoms with Crippen LogP contribution in [-0.2, 0) is 11.3 Å². The van der Waals surface area contributed by atoms with Crippen molar-refractivity contribution in [2.45, 2.75) is 11.8 Å². The SMILES string of the molecule is COC(=O)c1ccc(COc2ccccc2-c2nc(SC)[nH]c(=O)c2C#N)o1. The minimum Gasteiger partial charge on any atom is -0.485 e. The number of para-hydroxylation sites is 1. The highest BCUT2D eigenvalue weighted by atomic mass is 32.2. The second kappa shape index (κ2) is 8.45. The van der Waals surface area contributed by atoms with E-state index in [-0.39, 0.29) is 23.6 Å². The second-order valence-electron chi connectivity index (χ2n) is 5.45. The molecule has 3 rings (SSSR count). The summed E-state index contributed by atoms with van der Waals surface area (Å²) in [4.78, 5) is 30.6. The van der Waals surface area contributed by atoms with Crippen molar-refractivity contribution < 1.29 is 18.7 Å². The molecule has 2 aromatic heterocycles. The number of benzene rings is 1. The lowest BCUT2D eigenvalue weighted by molar-refractivity contribution is 0.0561. The molecule has 8 nitrogen and oxygen atoms in total.